The predicted molar refractivity (Wildman–Crippen MR) is 104 cm³/mol. The van der Waals surface area contributed by atoms with Gasteiger partial charge in [-0.15, -0.1) is 10.2 Å². The van der Waals surface area contributed by atoms with Crippen LogP contribution in [0.3, 0.4) is 0 Å². The van der Waals surface area contributed by atoms with Crippen molar-refractivity contribution < 1.29 is 13.6 Å². The molecule has 4 rings (SSSR count). The molecule has 5 nitrogen and oxygen atoms in total. The van der Waals surface area contributed by atoms with Crippen molar-refractivity contribution in [2.75, 3.05) is 5.32 Å². The summed E-state index contributed by atoms with van der Waals surface area (Å²) in [4.78, 5) is 11.4. The van der Waals surface area contributed by atoms with Gasteiger partial charge in [0.05, 0.1) is 5.69 Å². The van der Waals surface area contributed by atoms with E-state index in [-0.39, 0.29) is 17.2 Å². The van der Waals surface area contributed by atoms with Gasteiger partial charge in [-0.3, -0.25) is 9.36 Å². The first kappa shape index (κ1) is 18.6. The molecule has 1 heterocycles. The van der Waals surface area contributed by atoms with E-state index in [1.54, 1.807) is 12.1 Å². The maximum atomic E-state index is 14.0. The fourth-order valence-corrected chi connectivity index (χ4v) is 3.89. The number of benzene rings is 2. The van der Waals surface area contributed by atoms with Crippen LogP contribution in [0.4, 0.5) is 14.5 Å². The van der Waals surface area contributed by atoms with Crippen molar-refractivity contribution in [3.63, 3.8) is 0 Å². The predicted octanol–water partition coefficient (Wildman–Crippen LogP) is 4.67. The highest BCUT2D eigenvalue weighted by molar-refractivity contribution is 7.98. The highest BCUT2D eigenvalue weighted by atomic mass is 32.2. The zero-order valence-electron chi connectivity index (χ0n) is 15.2. The van der Waals surface area contributed by atoms with Crippen LogP contribution in [-0.4, -0.2) is 20.7 Å². The van der Waals surface area contributed by atoms with Gasteiger partial charge in [-0.1, -0.05) is 30.0 Å². The SMILES string of the molecule is CC(=O)Nc1cccc(-n2c(SCc3cccc(F)c3F)nnc2C2CC2)c1. The molecule has 0 unspecified atom stereocenters. The lowest BCUT2D eigenvalue weighted by molar-refractivity contribution is -0.114. The first-order chi connectivity index (χ1) is 13.5. The van der Waals surface area contributed by atoms with Crippen LogP contribution in [0.2, 0.25) is 0 Å². The van der Waals surface area contributed by atoms with Crippen molar-refractivity contribution in [2.45, 2.75) is 36.6 Å². The van der Waals surface area contributed by atoms with Crippen LogP contribution >= 0.6 is 11.8 Å². The van der Waals surface area contributed by atoms with Crippen LogP contribution in [0.1, 0.15) is 37.1 Å². The van der Waals surface area contributed by atoms with E-state index in [4.69, 9.17) is 0 Å². The Balaban J connectivity index is 1.66. The Kier molecular flexibility index (Phi) is 5.13. The first-order valence-electron chi connectivity index (χ1n) is 8.92. The normalized spacial score (nSPS) is 13.5. The molecular formula is C20H18F2N4OS. The van der Waals surface area contributed by atoms with Crippen molar-refractivity contribution >= 4 is 23.4 Å². The second-order valence-electron chi connectivity index (χ2n) is 6.68. The largest absolute Gasteiger partial charge is 0.326 e. The zero-order chi connectivity index (χ0) is 19.7. The standard InChI is InChI=1S/C20H18F2N4OS/c1-12(27)23-15-5-3-6-16(10-15)26-19(13-8-9-13)24-25-20(26)28-11-14-4-2-7-17(21)18(14)22/h2-7,10,13H,8-9,11H2,1H3,(H,23,27). The molecule has 1 N–H and O–H groups in total. The summed E-state index contributed by atoms with van der Waals surface area (Å²) >= 11 is 1.30. The van der Waals surface area contributed by atoms with E-state index in [2.05, 4.69) is 15.5 Å². The Morgan fingerprint density at radius 3 is 2.75 bits per heavy atom. The lowest BCUT2D eigenvalue weighted by Crippen LogP contribution is -2.07. The molecule has 0 aliphatic heterocycles. The number of halogens is 2. The van der Waals surface area contributed by atoms with Crippen LogP contribution in [0.15, 0.2) is 47.6 Å². The van der Waals surface area contributed by atoms with Gasteiger partial charge in [0.1, 0.15) is 5.82 Å². The number of carbonyl (C=O) groups is 1. The third kappa shape index (κ3) is 3.91. The maximum absolute atomic E-state index is 14.0. The molecule has 8 heteroatoms. The minimum absolute atomic E-state index is 0.153. The van der Waals surface area contributed by atoms with Gasteiger partial charge in [0.15, 0.2) is 16.8 Å². The van der Waals surface area contributed by atoms with Crippen LogP contribution in [-0.2, 0) is 10.5 Å². The molecule has 1 aliphatic carbocycles. The van der Waals surface area contributed by atoms with E-state index in [1.807, 2.05) is 22.8 Å². The summed E-state index contributed by atoms with van der Waals surface area (Å²) in [6, 6.07) is 11.6. The number of carbonyl (C=O) groups excluding carboxylic acids is 1. The average molecular weight is 400 g/mol. The number of nitrogens with zero attached hydrogens (tertiary/aromatic N) is 3. The maximum Gasteiger partial charge on any atom is 0.221 e. The van der Waals surface area contributed by atoms with Crippen molar-refractivity contribution in [1.82, 2.24) is 14.8 Å². The van der Waals surface area contributed by atoms with E-state index >= 15 is 0 Å². The number of hydrogen-bond acceptors (Lipinski definition) is 4. The highest BCUT2D eigenvalue weighted by Gasteiger charge is 2.31. The molecule has 0 saturated heterocycles. The highest BCUT2D eigenvalue weighted by Crippen LogP contribution is 2.41. The van der Waals surface area contributed by atoms with Gasteiger partial charge < -0.3 is 5.32 Å². The second-order valence-corrected chi connectivity index (χ2v) is 7.63. The molecule has 1 fully saturated rings. The number of thioether (sulfide) groups is 1. The van der Waals surface area contributed by atoms with E-state index in [9.17, 15) is 13.6 Å². The van der Waals surface area contributed by atoms with Gasteiger partial charge >= 0.3 is 0 Å². The van der Waals surface area contributed by atoms with Crippen molar-refractivity contribution in [3.05, 3.63) is 65.5 Å². The Hall–Kier alpha value is -2.74. The average Bonchev–Trinajstić information content (AvgIpc) is 3.42. The summed E-state index contributed by atoms with van der Waals surface area (Å²) in [7, 11) is 0. The minimum Gasteiger partial charge on any atom is -0.326 e. The molecule has 3 aromatic rings. The summed E-state index contributed by atoms with van der Waals surface area (Å²) < 4.78 is 29.4. The molecule has 1 aliphatic rings. The number of nitrogens with one attached hydrogen (secondary N) is 1. The van der Waals surface area contributed by atoms with Gasteiger partial charge in [0.2, 0.25) is 5.91 Å². The molecule has 1 amide bonds. The molecule has 1 aromatic heterocycles. The lowest BCUT2D eigenvalue weighted by Gasteiger charge is -2.12. The summed E-state index contributed by atoms with van der Waals surface area (Å²) in [6.07, 6.45) is 2.10. The topological polar surface area (TPSA) is 59.8 Å². The van der Waals surface area contributed by atoms with Crippen LogP contribution in [0.25, 0.3) is 5.69 Å². The lowest BCUT2D eigenvalue weighted by atomic mass is 10.2. The second kappa shape index (κ2) is 7.71. The Bertz CT molecular complexity index is 1030. The van der Waals surface area contributed by atoms with Crippen LogP contribution in [0, 0.1) is 11.6 Å². The smallest absolute Gasteiger partial charge is 0.221 e. The molecule has 0 atom stereocenters. The molecule has 1 saturated carbocycles. The van der Waals surface area contributed by atoms with Gasteiger partial charge in [-0.05, 0) is 37.1 Å². The molecular weight excluding hydrogens is 382 g/mol. The molecule has 2 aromatic carbocycles. The fraction of sp³-hybridized carbons (Fsp3) is 0.250. The quantitative estimate of drug-likeness (QED) is 0.611. The summed E-state index contributed by atoms with van der Waals surface area (Å²) in [6.45, 7) is 1.45. The van der Waals surface area contributed by atoms with E-state index in [0.717, 1.165) is 30.4 Å². The first-order valence-corrected chi connectivity index (χ1v) is 9.90. The van der Waals surface area contributed by atoms with Gasteiger partial charge in [0, 0.05) is 29.8 Å². The van der Waals surface area contributed by atoms with Crippen molar-refractivity contribution in [2.24, 2.45) is 0 Å². The summed E-state index contributed by atoms with van der Waals surface area (Å²) in [5, 5.41) is 12.0. The molecule has 0 bridgehead atoms. The minimum atomic E-state index is -0.860. The van der Waals surface area contributed by atoms with Crippen LogP contribution in [0.5, 0.6) is 0 Å². The number of rotatable bonds is 6. The van der Waals surface area contributed by atoms with Gasteiger partial charge in [0.25, 0.3) is 0 Å². The van der Waals surface area contributed by atoms with Gasteiger partial charge in [-0.2, -0.15) is 0 Å². The Morgan fingerprint density at radius 2 is 2.00 bits per heavy atom. The van der Waals surface area contributed by atoms with Gasteiger partial charge in [-0.25, -0.2) is 8.78 Å². The molecule has 0 spiro atoms. The Morgan fingerprint density at radius 1 is 1.21 bits per heavy atom. The van der Waals surface area contributed by atoms with Crippen LogP contribution < -0.4 is 5.32 Å². The third-order valence-electron chi connectivity index (χ3n) is 4.41. The van der Waals surface area contributed by atoms with Crippen molar-refractivity contribution in [3.8, 4) is 5.69 Å². The molecule has 0 radical (unpaired) electrons. The number of amides is 1. The van der Waals surface area contributed by atoms with E-state index < -0.39 is 11.6 Å². The summed E-state index contributed by atoms with van der Waals surface area (Å²) in [5.74, 6) is -0.422. The van der Waals surface area contributed by atoms with Crippen molar-refractivity contribution in [1.29, 1.82) is 0 Å². The van der Waals surface area contributed by atoms with E-state index in [0.29, 0.717) is 16.8 Å². The Labute approximate surface area is 165 Å². The monoisotopic (exact) mass is 400 g/mol. The third-order valence-corrected chi connectivity index (χ3v) is 5.39. The zero-order valence-corrected chi connectivity index (χ0v) is 16.0. The summed E-state index contributed by atoms with van der Waals surface area (Å²) in [5.41, 5.74) is 1.77. The fourth-order valence-electron chi connectivity index (χ4n) is 2.95. The number of hydrogen-bond donors (Lipinski definition) is 1. The van der Waals surface area contributed by atoms with E-state index in [1.165, 1.54) is 24.8 Å². The molecule has 144 valence electrons. The number of anilines is 1. The molecule has 28 heavy (non-hydrogen) atoms. The number of aromatic nitrogens is 3.